The fourth-order valence-electron chi connectivity index (χ4n) is 2.18. The van der Waals surface area contributed by atoms with Crippen molar-refractivity contribution in [1.29, 1.82) is 0 Å². The zero-order valence-electron chi connectivity index (χ0n) is 12.7. The SMILES string of the molecule is CC.Nc1cccc(-c2ccc3cn(CC(=O)O)nc3c2)c1. The second-order valence-electron chi connectivity index (χ2n) is 4.62. The van der Waals surface area contributed by atoms with E-state index in [2.05, 4.69) is 5.10 Å². The first-order chi connectivity index (χ1) is 10.6. The summed E-state index contributed by atoms with van der Waals surface area (Å²) in [5, 5.41) is 14.0. The van der Waals surface area contributed by atoms with Gasteiger partial charge in [-0.2, -0.15) is 5.10 Å². The Balaban J connectivity index is 0.000000847. The second-order valence-corrected chi connectivity index (χ2v) is 4.62. The lowest BCUT2D eigenvalue weighted by molar-refractivity contribution is -0.137. The Hall–Kier alpha value is -2.82. The summed E-state index contributed by atoms with van der Waals surface area (Å²) in [6.07, 6.45) is 1.73. The smallest absolute Gasteiger partial charge is 0.325 e. The van der Waals surface area contributed by atoms with Crippen LogP contribution in [0.25, 0.3) is 22.0 Å². The number of nitrogens with two attached hydrogens (primary N) is 1. The van der Waals surface area contributed by atoms with E-state index < -0.39 is 5.97 Å². The molecule has 0 aliphatic heterocycles. The quantitative estimate of drug-likeness (QED) is 0.726. The van der Waals surface area contributed by atoms with Crippen molar-refractivity contribution >= 4 is 22.6 Å². The number of carboxylic acid groups (broad SMARTS) is 1. The lowest BCUT2D eigenvalue weighted by Gasteiger charge is -2.02. The molecular weight excluding hydrogens is 278 g/mol. The normalized spacial score (nSPS) is 10.1. The fourth-order valence-corrected chi connectivity index (χ4v) is 2.18. The minimum atomic E-state index is -0.908. The molecule has 0 atom stereocenters. The number of nitrogens with zero attached hydrogens (tertiary/aromatic N) is 2. The summed E-state index contributed by atoms with van der Waals surface area (Å²) >= 11 is 0. The van der Waals surface area contributed by atoms with Crippen LogP contribution in [0.15, 0.2) is 48.7 Å². The summed E-state index contributed by atoms with van der Waals surface area (Å²) in [5.41, 5.74) is 9.28. The van der Waals surface area contributed by atoms with Crippen LogP contribution in [0.4, 0.5) is 5.69 Å². The fraction of sp³-hybridized carbons (Fsp3) is 0.176. The van der Waals surface area contributed by atoms with Crippen LogP contribution in [0, 0.1) is 0 Å². The highest BCUT2D eigenvalue weighted by atomic mass is 16.4. The molecule has 0 radical (unpaired) electrons. The maximum Gasteiger partial charge on any atom is 0.325 e. The average molecular weight is 297 g/mol. The van der Waals surface area contributed by atoms with E-state index in [1.807, 2.05) is 56.3 Å². The molecule has 2 aromatic carbocycles. The molecule has 0 bridgehead atoms. The number of hydrogen-bond donors (Lipinski definition) is 2. The van der Waals surface area contributed by atoms with E-state index in [1.165, 1.54) is 4.68 Å². The zero-order valence-corrected chi connectivity index (χ0v) is 12.7. The van der Waals surface area contributed by atoms with E-state index in [9.17, 15) is 4.79 Å². The monoisotopic (exact) mass is 297 g/mol. The third-order valence-corrected chi connectivity index (χ3v) is 3.07. The molecule has 0 unspecified atom stereocenters. The van der Waals surface area contributed by atoms with Crippen LogP contribution in [-0.4, -0.2) is 20.9 Å². The number of carbonyl (C=O) groups is 1. The highest BCUT2D eigenvalue weighted by Gasteiger charge is 2.06. The summed E-state index contributed by atoms with van der Waals surface area (Å²) in [5.74, 6) is -0.908. The Labute approximate surface area is 129 Å². The lowest BCUT2D eigenvalue weighted by atomic mass is 10.0. The number of hydrogen-bond acceptors (Lipinski definition) is 3. The lowest BCUT2D eigenvalue weighted by Crippen LogP contribution is -2.08. The van der Waals surface area contributed by atoms with Gasteiger partial charge in [0.25, 0.3) is 0 Å². The number of nitrogen functional groups attached to an aromatic ring is 1. The Morgan fingerprint density at radius 1 is 1.18 bits per heavy atom. The number of aromatic nitrogens is 2. The number of fused-ring (bicyclic) bond motifs is 1. The van der Waals surface area contributed by atoms with E-state index in [-0.39, 0.29) is 6.54 Å². The molecule has 5 nitrogen and oxygen atoms in total. The Kier molecular flexibility index (Phi) is 4.78. The number of aliphatic carboxylic acids is 1. The van der Waals surface area contributed by atoms with Crippen LogP contribution in [0.1, 0.15) is 13.8 Å². The largest absolute Gasteiger partial charge is 0.480 e. The molecule has 0 amide bonds. The first-order valence-electron chi connectivity index (χ1n) is 7.17. The van der Waals surface area contributed by atoms with Gasteiger partial charge in [0.2, 0.25) is 0 Å². The van der Waals surface area contributed by atoms with Gasteiger partial charge in [0.05, 0.1) is 5.52 Å². The molecule has 0 saturated carbocycles. The maximum atomic E-state index is 10.7. The minimum Gasteiger partial charge on any atom is -0.480 e. The van der Waals surface area contributed by atoms with Crippen molar-refractivity contribution in [2.75, 3.05) is 5.73 Å². The van der Waals surface area contributed by atoms with Gasteiger partial charge in [0.15, 0.2) is 0 Å². The highest BCUT2D eigenvalue weighted by molar-refractivity contribution is 5.84. The predicted molar refractivity (Wildman–Crippen MR) is 88.6 cm³/mol. The van der Waals surface area contributed by atoms with Gasteiger partial charge in [-0.25, -0.2) is 0 Å². The van der Waals surface area contributed by atoms with Gasteiger partial charge in [-0.3, -0.25) is 9.48 Å². The molecule has 0 aliphatic rings. The average Bonchev–Trinajstić information content (AvgIpc) is 2.89. The van der Waals surface area contributed by atoms with Crippen LogP contribution in [-0.2, 0) is 11.3 Å². The van der Waals surface area contributed by atoms with Gasteiger partial charge in [-0.05, 0) is 29.3 Å². The Bertz CT molecular complexity index is 793. The van der Waals surface area contributed by atoms with Gasteiger partial charge in [-0.15, -0.1) is 0 Å². The summed E-state index contributed by atoms with van der Waals surface area (Å²) in [6, 6.07) is 13.5. The van der Waals surface area contributed by atoms with Gasteiger partial charge >= 0.3 is 5.97 Å². The molecule has 0 aliphatic carbocycles. The van der Waals surface area contributed by atoms with Crippen LogP contribution in [0.3, 0.4) is 0 Å². The predicted octanol–water partition coefficient (Wildman–Crippen LogP) is 3.40. The number of carboxylic acids is 1. The van der Waals surface area contributed by atoms with Crippen molar-refractivity contribution in [3.8, 4) is 11.1 Å². The molecule has 22 heavy (non-hydrogen) atoms. The van der Waals surface area contributed by atoms with E-state index >= 15 is 0 Å². The van der Waals surface area contributed by atoms with Crippen molar-refractivity contribution < 1.29 is 9.90 Å². The van der Waals surface area contributed by atoms with E-state index in [0.717, 1.165) is 22.0 Å². The van der Waals surface area contributed by atoms with Crippen molar-refractivity contribution in [3.63, 3.8) is 0 Å². The third kappa shape index (κ3) is 3.44. The molecule has 3 aromatic rings. The minimum absolute atomic E-state index is 0.137. The Morgan fingerprint density at radius 2 is 1.91 bits per heavy atom. The number of anilines is 1. The van der Waals surface area contributed by atoms with Crippen molar-refractivity contribution in [3.05, 3.63) is 48.7 Å². The highest BCUT2D eigenvalue weighted by Crippen LogP contribution is 2.25. The molecule has 0 saturated heterocycles. The molecule has 1 heterocycles. The van der Waals surface area contributed by atoms with Crippen LogP contribution in [0.2, 0.25) is 0 Å². The summed E-state index contributed by atoms with van der Waals surface area (Å²) in [7, 11) is 0. The topological polar surface area (TPSA) is 81.1 Å². The van der Waals surface area contributed by atoms with E-state index in [4.69, 9.17) is 10.8 Å². The summed E-state index contributed by atoms with van der Waals surface area (Å²) in [4.78, 5) is 10.7. The summed E-state index contributed by atoms with van der Waals surface area (Å²) < 4.78 is 1.43. The molecule has 3 N–H and O–H groups in total. The molecule has 0 spiro atoms. The van der Waals surface area contributed by atoms with Crippen molar-refractivity contribution in [2.45, 2.75) is 20.4 Å². The standard InChI is InChI=1S/C15H13N3O2.C2H6/c16-13-3-1-2-10(6-13)11-4-5-12-8-18(9-15(19)20)17-14(12)7-11;1-2/h1-8H,9,16H2,(H,19,20);1-2H3. The second kappa shape index (κ2) is 6.76. The van der Waals surface area contributed by atoms with Crippen molar-refractivity contribution in [2.24, 2.45) is 0 Å². The van der Waals surface area contributed by atoms with Gasteiger partial charge in [0.1, 0.15) is 6.54 Å². The van der Waals surface area contributed by atoms with Crippen LogP contribution >= 0.6 is 0 Å². The molecular formula is C17H19N3O2. The number of benzene rings is 2. The molecule has 1 aromatic heterocycles. The van der Waals surface area contributed by atoms with E-state index in [1.54, 1.807) is 6.20 Å². The van der Waals surface area contributed by atoms with Gasteiger partial charge in [-0.1, -0.05) is 38.1 Å². The third-order valence-electron chi connectivity index (χ3n) is 3.07. The van der Waals surface area contributed by atoms with Crippen molar-refractivity contribution in [1.82, 2.24) is 9.78 Å². The van der Waals surface area contributed by atoms with E-state index in [0.29, 0.717) is 5.69 Å². The van der Waals surface area contributed by atoms with Gasteiger partial charge < -0.3 is 10.8 Å². The molecule has 3 rings (SSSR count). The van der Waals surface area contributed by atoms with Crippen LogP contribution < -0.4 is 5.73 Å². The van der Waals surface area contributed by atoms with Gasteiger partial charge in [0, 0.05) is 17.3 Å². The number of rotatable bonds is 3. The maximum absolute atomic E-state index is 10.7. The Morgan fingerprint density at radius 3 is 2.59 bits per heavy atom. The first-order valence-corrected chi connectivity index (χ1v) is 7.17. The zero-order chi connectivity index (χ0) is 16.1. The molecule has 0 fully saturated rings. The molecule has 5 heteroatoms. The summed E-state index contributed by atoms with van der Waals surface area (Å²) in [6.45, 7) is 3.86. The molecule has 114 valence electrons. The van der Waals surface area contributed by atoms with Crippen LogP contribution in [0.5, 0.6) is 0 Å². The first kappa shape index (κ1) is 15.6.